The smallest absolute Gasteiger partial charge is 0.0948 e. The molecule has 0 amide bonds. The molecule has 17 heavy (non-hydrogen) atoms. The van der Waals surface area contributed by atoms with Crippen molar-refractivity contribution in [1.29, 1.82) is 0 Å². The molecular formula is C14H18N2S. The zero-order valence-electron chi connectivity index (χ0n) is 10.6. The molecule has 2 aromatic rings. The third-order valence-corrected chi connectivity index (χ3v) is 3.79. The van der Waals surface area contributed by atoms with Gasteiger partial charge in [0.15, 0.2) is 0 Å². The van der Waals surface area contributed by atoms with Crippen LogP contribution in [-0.4, -0.2) is 18.6 Å². The molecule has 1 N–H and O–H groups in total. The van der Waals surface area contributed by atoms with E-state index in [1.165, 1.54) is 21.0 Å². The van der Waals surface area contributed by atoms with Crippen molar-refractivity contribution in [3.8, 4) is 11.3 Å². The zero-order chi connectivity index (χ0) is 12.3. The largest absolute Gasteiger partial charge is 0.319 e. The van der Waals surface area contributed by atoms with Crippen LogP contribution in [-0.2, 0) is 6.42 Å². The van der Waals surface area contributed by atoms with Crippen LogP contribution in [0.1, 0.15) is 15.4 Å². The number of likely N-dealkylation sites (N-methyl/N-ethyl adjacent to an activating group) is 1. The Bertz CT molecular complexity index is 485. The first-order chi connectivity index (χ1) is 8.20. The summed E-state index contributed by atoms with van der Waals surface area (Å²) < 4.78 is 0. The monoisotopic (exact) mass is 246 g/mol. The van der Waals surface area contributed by atoms with Gasteiger partial charge in [-0.2, -0.15) is 0 Å². The molecule has 1 aromatic carbocycles. The first-order valence-corrected chi connectivity index (χ1v) is 6.70. The number of nitrogens with one attached hydrogen (secondary N) is 1. The summed E-state index contributed by atoms with van der Waals surface area (Å²) in [5.74, 6) is 0. The molecule has 0 atom stereocenters. The summed E-state index contributed by atoms with van der Waals surface area (Å²) in [7, 11) is 1.97. The molecular weight excluding hydrogens is 228 g/mol. The number of hydrogen-bond donors (Lipinski definition) is 1. The minimum Gasteiger partial charge on any atom is -0.319 e. The average molecular weight is 246 g/mol. The first-order valence-electron chi connectivity index (χ1n) is 5.88. The molecule has 0 aliphatic heterocycles. The van der Waals surface area contributed by atoms with Crippen LogP contribution in [0.25, 0.3) is 11.3 Å². The van der Waals surface area contributed by atoms with Gasteiger partial charge in [0.05, 0.1) is 10.7 Å². The number of thiazole rings is 1. The second kappa shape index (κ2) is 5.43. The third kappa shape index (κ3) is 2.93. The van der Waals surface area contributed by atoms with Crippen LogP contribution in [0.15, 0.2) is 24.3 Å². The van der Waals surface area contributed by atoms with E-state index >= 15 is 0 Å². The predicted octanol–water partition coefficient (Wildman–Crippen LogP) is 3.19. The Morgan fingerprint density at radius 3 is 2.53 bits per heavy atom. The number of rotatable bonds is 4. The van der Waals surface area contributed by atoms with Crippen molar-refractivity contribution in [2.45, 2.75) is 20.3 Å². The van der Waals surface area contributed by atoms with E-state index in [1.807, 2.05) is 7.05 Å². The molecule has 90 valence electrons. The molecule has 0 spiro atoms. The van der Waals surface area contributed by atoms with Gasteiger partial charge in [0.1, 0.15) is 0 Å². The summed E-state index contributed by atoms with van der Waals surface area (Å²) in [5, 5.41) is 4.37. The van der Waals surface area contributed by atoms with Crippen molar-refractivity contribution >= 4 is 11.3 Å². The molecule has 0 aliphatic rings. The van der Waals surface area contributed by atoms with Gasteiger partial charge in [-0.3, -0.25) is 0 Å². The predicted molar refractivity (Wildman–Crippen MR) is 74.7 cm³/mol. The standard InChI is InChI=1S/C14H18N2S/c1-10-4-6-12(7-5-10)14-11(2)17-13(16-14)8-9-15-3/h4-7,15H,8-9H2,1-3H3. The fourth-order valence-corrected chi connectivity index (χ4v) is 2.72. The molecule has 0 radical (unpaired) electrons. The van der Waals surface area contributed by atoms with Crippen molar-refractivity contribution in [1.82, 2.24) is 10.3 Å². The summed E-state index contributed by atoms with van der Waals surface area (Å²) >= 11 is 1.80. The molecule has 0 saturated heterocycles. The Balaban J connectivity index is 2.26. The normalized spacial score (nSPS) is 10.8. The summed E-state index contributed by atoms with van der Waals surface area (Å²) in [5.41, 5.74) is 3.65. The van der Waals surface area contributed by atoms with E-state index in [-0.39, 0.29) is 0 Å². The molecule has 0 aliphatic carbocycles. The molecule has 1 aromatic heterocycles. The highest BCUT2D eigenvalue weighted by Crippen LogP contribution is 2.27. The van der Waals surface area contributed by atoms with Gasteiger partial charge in [0.25, 0.3) is 0 Å². The van der Waals surface area contributed by atoms with Crippen LogP contribution < -0.4 is 5.32 Å². The summed E-state index contributed by atoms with van der Waals surface area (Å²) in [6.07, 6.45) is 1.01. The fourth-order valence-electron chi connectivity index (χ4n) is 1.77. The van der Waals surface area contributed by atoms with Crippen molar-refractivity contribution in [3.05, 3.63) is 39.7 Å². The SMILES string of the molecule is CNCCc1nc(-c2ccc(C)cc2)c(C)s1. The highest BCUT2D eigenvalue weighted by molar-refractivity contribution is 7.12. The van der Waals surface area contributed by atoms with Gasteiger partial charge in [-0.05, 0) is 20.9 Å². The van der Waals surface area contributed by atoms with Crippen molar-refractivity contribution in [2.75, 3.05) is 13.6 Å². The Morgan fingerprint density at radius 2 is 1.88 bits per heavy atom. The summed E-state index contributed by atoms with van der Waals surface area (Å²) in [6, 6.07) is 8.58. The van der Waals surface area contributed by atoms with E-state index in [0.29, 0.717) is 0 Å². The molecule has 2 rings (SSSR count). The molecule has 1 heterocycles. The minimum absolute atomic E-state index is 0.986. The van der Waals surface area contributed by atoms with Gasteiger partial charge < -0.3 is 5.32 Å². The average Bonchev–Trinajstić information content (AvgIpc) is 2.69. The van der Waals surface area contributed by atoms with Crippen molar-refractivity contribution in [3.63, 3.8) is 0 Å². The number of hydrogen-bond acceptors (Lipinski definition) is 3. The van der Waals surface area contributed by atoms with Crippen LogP contribution in [0, 0.1) is 13.8 Å². The molecule has 0 fully saturated rings. The fraction of sp³-hybridized carbons (Fsp3) is 0.357. The second-order valence-corrected chi connectivity index (χ2v) is 5.52. The highest BCUT2D eigenvalue weighted by Gasteiger charge is 2.09. The zero-order valence-corrected chi connectivity index (χ0v) is 11.4. The number of aromatic nitrogens is 1. The molecule has 3 heteroatoms. The van der Waals surface area contributed by atoms with Crippen molar-refractivity contribution in [2.24, 2.45) is 0 Å². The van der Waals surface area contributed by atoms with E-state index in [9.17, 15) is 0 Å². The third-order valence-electron chi connectivity index (χ3n) is 2.75. The molecule has 0 saturated carbocycles. The van der Waals surface area contributed by atoms with Crippen molar-refractivity contribution < 1.29 is 0 Å². The van der Waals surface area contributed by atoms with Crippen LogP contribution >= 0.6 is 11.3 Å². The van der Waals surface area contributed by atoms with Crippen LogP contribution in [0.5, 0.6) is 0 Å². The Kier molecular flexibility index (Phi) is 3.92. The molecule has 0 bridgehead atoms. The van der Waals surface area contributed by atoms with E-state index in [0.717, 1.165) is 18.7 Å². The van der Waals surface area contributed by atoms with Crippen LogP contribution in [0.4, 0.5) is 0 Å². The molecule has 0 unspecified atom stereocenters. The summed E-state index contributed by atoms with van der Waals surface area (Å²) in [4.78, 5) is 6.03. The van der Waals surface area contributed by atoms with E-state index < -0.39 is 0 Å². The van der Waals surface area contributed by atoms with Gasteiger partial charge in [-0.25, -0.2) is 4.98 Å². The quantitative estimate of drug-likeness (QED) is 0.896. The maximum Gasteiger partial charge on any atom is 0.0948 e. The van der Waals surface area contributed by atoms with Gasteiger partial charge >= 0.3 is 0 Å². The number of benzene rings is 1. The van der Waals surface area contributed by atoms with E-state index in [2.05, 4.69) is 43.4 Å². The maximum atomic E-state index is 4.73. The Hall–Kier alpha value is -1.19. The lowest BCUT2D eigenvalue weighted by molar-refractivity contribution is 0.788. The van der Waals surface area contributed by atoms with Crippen LogP contribution in [0.2, 0.25) is 0 Å². The lowest BCUT2D eigenvalue weighted by atomic mass is 10.1. The minimum atomic E-state index is 0.986. The van der Waals surface area contributed by atoms with Gasteiger partial charge in [-0.1, -0.05) is 29.8 Å². The Labute approximate surface area is 107 Å². The van der Waals surface area contributed by atoms with Gasteiger partial charge in [0, 0.05) is 23.4 Å². The topological polar surface area (TPSA) is 24.9 Å². The van der Waals surface area contributed by atoms with Gasteiger partial charge in [0.2, 0.25) is 0 Å². The van der Waals surface area contributed by atoms with E-state index in [4.69, 9.17) is 4.98 Å². The number of aryl methyl sites for hydroxylation is 2. The van der Waals surface area contributed by atoms with E-state index in [1.54, 1.807) is 11.3 Å². The highest BCUT2D eigenvalue weighted by atomic mass is 32.1. The molecule has 2 nitrogen and oxygen atoms in total. The second-order valence-electron chi connectivity index (χ2n) is 4.23. The van der Waals surface area contributed by atoms with Crippen LogP contribution in [0.3, 0.4) is 0 Å². The lowest BCUT2D eigenvalue weighted by Crippen LogP contribution is -2.09. The Morgan fingerprint density at radius 1 is 1.18 bits per heavy atom. The first kappa shape index (κ1) is 12.3. The summed E-state index contributed by atoms with van der Waals surface area (Å²) in [6.45, 7) is 5.24. The van der Waals surface area contributed by atoms with Gasteiger partial charge in [-0.15, -0.1) is 11.3 Å². The number of nitrogens with zero attached hydrogens (tertiary/aromatic N) is 1. The lowest BCUT2D eigenvalue weighted by Gasteiger charge is -1.99. The maximum absolute atomic E-state index is 4.73.